The molecule has 5 nitrogen and oxygen atoms in total. The number of carbonyl (C=O) groups is 1. The highest BCUT2D eigenvalue weighted by atomic mass is 16.3. The Bertz CT molecular complexity index is 893. The van der Waals surface area contributed by atoms with Crippen molar-refractivity contribution in [2.45, 2.75) is 19.9 Å². The van der Waals surface area contributed by atoms with Crippen molar-refractivity contribution >= 4 is 16.9 Å². The number of rotatable bonds is 5. The zero-order chi connectivity index (χ0) is 17.8. The average Bonchev–Trinajstić information content (AvgIpc) is 2.65. The first-order chi connectivity index (χ1) is 12.1. The van der Waals surface area contributed by atoms with Crippen LogP contribution in [0.1, 0.15) is 24.2 Å². The summed E-state index contributed by atoms with van der Waals surface area (Å²) in [6.45, 7) is 3.84. The lowest BCUT2D eigenvalue weighted by Gasteiger charge is -2.20. The van der Waals surface area contributed by atoms with Crippen LogP contribution in [-0.4, -0.2) is 33.6 Å². The van der Waals surface area contributed by atoms with Gasteiger partial charge in [0, 0.05) is 11.1 Å². The molecule has 0 aliphatic heterocycles. The van der Waals surface area contributed by atoms with E-state index in [1.54, 1.807) is 18.3 Å². The van der Waals surface area contributed by atoms with Crippen molar-refractivity contribution in [3.8, 4) is 11.3 Å². The molecule has 1 aromatic heterocycles. The second-order valence-electron chi connectivity index (χ2n) is 6.33. The van der Waals surface area contributed by atoms with E-state index in [2.05, 4.69) is 15.3 Å². The summed E-state index contributed by atoms with van der Waals surface area (Å²) < 4.78 is 0. The van der Waals surface area contributed by atoms with E-state index in [0.717, 1.165) is 22.3 Å². The number of para-hydroxylation sites is 2. The summed E-state index contributed by atoms with van der Waals surface area (Å²) in [5.41, 5.74) is 3.73. The van der Waals surface area contributed by atoms with Crippen LogP contribution in [-0.2, 0) is 0 Å². The number of carbonyl (C=O) groups excluding carboxylic acids is 1. The summed E-state index contributed by atoms with van der Waals surface area (Å²) >= 11 is 0. The van der Waals surface area contributed by atoms with Gasteiger partial charge in [0.15, 0.2) is 0 Å². The summed E-state index contributed by atoms with van der Waals surface area (Å²) in [4.78, 5) is 21.5. The molecule has 0 saturated heterocycles. The Morgan fingerprint density at radius 3 is 2.60 bits per heavy atom. The predicted molar refractivity (Wildman–Crippen MR) is 98.2 cm³/mol. The van der Waals surface area contributed by atoms with E-state index < -0.39 is 0 Å². The zero-order valence-electron chi connectivity index (χ0n) is 14.3. The molecule has 0 spiro atoms. The molecule has 0 fully saturated rings. The van der Waals surface area contributed by atoms with Crippen molar-refractivity contribution in [2.75, 3.05) is 6.61 Å². The van der Waals surface area contributed by atoms with E-state index in [1.165, 1.54) is 0 Å². The minimum absolute atomic E-state index is 0.0841. The lowest BCUT2D eigenvalue weighted by Crippen LogP contribution is -2.41. The molecule has 1 heterocycles. The van der Waals surface area contributed by atoms with Crippen LogP contribution in [0, 0.1) is 5.92 Å². The fourth-order valence-electron chi connectivity index (χ4n) is 2.59. The maximum absolute atomic E-state index is 12.5. The van der Waals surface area contributed by atoms with Crippen LogP contribution in [0.3, 0.4) is 0 Å². The Morgan fingerprint density at radius 1 is 1.12 bits per heavy atom. The van der Waals surface area contributed by atoms with Gasteiger partial charge in [-0.3, -0.25) is 9.78 Å². The van der Waals surface area contributed by atoms with Gasteiger partial charge >= 0.3 is 0 Å². The number of aliphatic hydroxyl groups is 1. The molecular weight excluding hydrogens is 314 g/mol. The lowest BCUT2D eigenvalue weighted by molar-refractivity contribution is 0.0897. The number of hydrogen-bond donors (Lipinski definition) is 2. The molecule has 1 amide bonds. The van der Waals surface area contributed by atoms with Crippen LogP contribution in [0.15, 0.2) is 54.7 Å². The second kappa shape index (κ2) is 7.40. The molecule has 3 rings (SSSR count). The third kappa shape index (κ3) is 3.83. The molecule has 5 heteroatoms. The maximum atomic E-state index is 12.5. The van der Waals surface area contributed by atoms with Gasteiger partial charge in [0.25, 0.3) is 5.91 Å². The number of benzene rings is 2. The zero-order valence-corrected chi connectivity index (χ0v) is 14.3. The molecule has 25 heavy (non-hydrogen) atoms. The predicted octanol–water partition coefficient (Wildman–Crippen LogP) is 3.04. The molecule has 2 aromatic carbocycles. The summed E-state index contributed by atoms with van der Waals surface area (Å²) in [7, 11) is 0. The van der Waals surface area contributed by atoms with E-state index in [1.807, 2.05) is 50.2 Å². The maximum Gasteiger partial charge on any atom is 0.251 e. The minimum Gasteiger partial charge on any atom is -0.394 e. The first-order valence-electron chi connectivity index (χ1n) is 8.32. The number of aromatic nitrogens is 2. The van der Waals surface area contributed by atoms with Crippen LogP contribution < -0.4 is 5.32 Å². The highest BCUT2D eigenvalue weighted by molar-refractivity contribution is 5.95. The number of nitrogens with zero attached hydrogens (tertiary/aromatic N) is 2. The van der Waals surface area contributed by atoms with Crippen molar-refractivity contribution in [3.05, 3.63) is 60.3 Å². The minimum atomic E-state index is -0.267. The summed E-state index contributed by atoms with van der Waals surface area (Å²) in [5.74, 6) is -0.0492. The number of fused-ring (bicyclic) bond motifs is 1. The Labute approximate surface area is 146 Å². The van der Waals surface area contributed by atoms with Crippen molar-refractivity contribution in [1.29, 1.82) is 0 Å². The number of nitrogens with one attached hydrogen (secondary N) is 1. The average molecular weight is 335 g/mol. The fourth-order valence-corrected chi connectivity index (χ4v) is 2.59. The van der Waals surface area contributed by atoms with Crippen LogP contribution >= 0.6 is 0 Å². The number of hydrogen-bond acceptors (Lipinski definition) is 4. The highest BCUT2D eigenvalue weighted by Gasteiger charge is 2.16. The van der Waals surface area contributed by atoms with Gasteiger partial charge in [-0.25, -0.2) is 4.98 Å². The van der Waals surface area contributed by atoms with Gasteiger partial charge < -0.3 is 10.4 Å². The quantitative estimate of drug-likeness (QED) is 0.751. The first-order valence-corrected chi connectivity index (χ1v) is 8.32. The van der Waals surface area contributed by atoms with E-state index in [0.29, 0.717) is 5.56 Å². The normalized spacial score (nSPS) is 12.3. The molecule has 2 N–H and O–H groups in total. The molecule has 0 aliphatic rings. The van der Waals surface area contributed by atoms with E-state index >= 15 is 0 Å². The van der Waals surface area contributed by atoms with Crippen LogP contribution in [0.25, 0.3) is 22.3 Å². The Balaban J connectivity index is 1.88. The van der Waals surface area contributed by atoms with E-state index in [-0.39, 0.29) is 24.5 Å². The lowest BCUT2D eigenvalue weighted by atomic mass is 10.0. The standard InChI is InChI=1S/C20H21N3O2/c1-13(2)19(12-24)23-20(25)15-7-5-6-14(10-15)18-11-21-16-8-3-4-9-17(16)22-18/h3-11,13,19,24H,12H2,1-2H3,(H,23,25). The molecule has 0 aliphatic carbocycles. The molecule has 0 saturated carbocycles. The van der Waals surface area contributed by atoms with Crippen molar-refractivity contribution in [2.24, 2.45) is 5.92 Å². The molecule has 1 unspecified atom stereocenters. The number of amides is 1. The van der Waals surface area contributed by atoms with Gasteiger partial charge in [0.05, 0.1) is 35.6 Å². The van der Waals surface area contributed by atoms with Crippen molar-refractivity contribution < 1.29 is 9.90 Å². The van der Waals surface area contributed by atoms with Crippen LogP contribution in [0.5, 0.6) is 0 Å². The van der Waals surface area contributed by atoms with Crippen molar-refractivity contribution in [1.82, 2.24) is 15.3 Å². The SMILES string of the molecule is CC(C)C(CO)NC(=O)c1cccc(-c2cnc3ccccc3n2)c1. The van der Waals surface area contributed by atoms with E-state index in [9.17, 15) is 9.90 Å². The van der Waals surface area contributed by atoms with Gasteiger partial charge in [0.1, 0.15) is 0 Å². The van der Waals surface area contributed by atoms with Crippen LogP contribution in [0.2, 0.25) is 0 Å². The van der Waals surface area contributed by atoms with Gasteiger partial charge in [-0.05, 0) is 30.2 Å². The smallest absolute Gasteiger partial charge is 0.251 e. The summed E-state index contributed by atoms with van der Waals surface area (Å²) in [6.07, 6.45) is 1.71. The summed E-state index contributed by atoms with van der Waals surface area (Å²) in [6, 6.07) is 14.7. The topological polar surface area (TPSA) is 75.1 Å². The third-order valence-electron chi connectivity index (χ3n) is 4.19. The Morgan fingerprint density at radius 2 is 1.88 bits per heavy atom. The highest BCUT2D eigenvalue weighted by Crippen LogP contribution is 2.20. The molecular formula is C20H21N3O2. The van der Waals surface area contributed by atoms with Gasteiger partial charge in [-0.1, -0.05) is 38.1 Å². The summed E-state index contributed by atoms with van der Waals surface area (Å²) in [5, 5.41) is 12.3. The van der Waals surface area contributed by atoms with Crippen molar-refractivity contribution in [3.63, 3.8) is 0 Å². The monoisotopic (exact) mass is 335 g/mol. The Hall–Kier alpha value is -2.79. The van der Waals surface area contributed by atoms with Gasteiger partial charge in [-0.2, -0.15) is 0 Å². The van der Waals surface area contributed by atoms with Crippen LogP contribution in [0.4, 0.5) is 0 Å². The molecule has 1 atom stereocenters. The van der Waals surface area contributed by atoms with Gasteiger partial charge in [-0.15, -0.1) is 0 Å². The third-order valence-corrected chi connectivity index (χ3v) is 4.19. The van der Waals surface area contributed by atoms with E-state index in [4.69, 9.17) is 0 Å². The molecule has 0 bridgehead atoms. The Kier molecular flexibility index (Phi) is 5.05. The van der Waals surface area contributed by atoms with Gasteiger partial charge in [0.2, 0.25) is 0 Å². The largest absolute Gasteiger partial charge is 0.394 e. The molecule has 3 aromatic rings. The molecule has 0 radical (unpaired) electrons. The number of aliphatic hydroxyl groups excluding tert-OH is 1. The molecule has 128 valence electrons. The fraction of sp³-hybridized carbons (Fsp3) is 0.250. The second-order valence-corrected chi connectivity index (χ2v) is 6.33. The first kappa shape index (κ1) is 17.0.